The van der Waals surface area contributed by atoms with Gasteiger partial charge in [-0.2, -0.15) is 13.2 Å². The molecule has 0 aromatic heterocycles. The van der Waals surface area contributed by atoms with E-state index in [0.717, 1.165) is 22.3 Å². The van der Waals surface area contributed by atoms with Crippen molar-refractivity contribution in [2.24, 2.45) is 0 Å². The zero-order valence-corrected chi connectivity index (χ0v) is 19.4. The van der Waals surface area contributed by atoms with Crippen LogP contribution in [0.15, 0.2) is 48.5 Å². The highest BCUT2D eigenvalue weighted by Crippen LogP contribution is 2.44. The van der Waals surface area contributed by atoms with Crippen LogP contribution in [0.25, 0.3) is 11.1 Å². The Balaban J connectivity index is 1.76. The Kier molecular flexibility index (Phi) is 7.72. The van der Waals surface area contributed by atoms with E-state index >= 15 is 0 Å². The number of amides is 2. The third-order valence-corrected chi connectivity index (χ3v) is 6.28. The van der Waals surface area contributed by atoms with Gasteiger partial charge >= 0.3 is 18.2 Å². The van der Waals surface area contributed by atoms with Crippen molar-refractivity contribution < 1.29 is 37.4 Å². The number of carbonyl (C=O) groups is 3. The number of halogens is 3. The minimum absolute atomic E-state index is 0.0427. The normalized spacial score (nSPS) is 13.1. The van der Waals surface area contributed by atoms with Gasteiger partial charge in [-0.05, 0) is 35.1 Å². The highest BCUT2D eigenvalue weighted by molar-refractivity contribution is 5.92. The number of aliphatic carboxylic acids is 1. The number of benzene rings is 2. The number of hydrogen-bond donors (Lipinski definition) is 2. The van der Waals surface area contributed by atoms with Gasteiger partial charge in [0, 0.05) is 5.92 Å². The van der Waals surface area contributed by atoms with Crippen LogP contribution in [0, 0.1) is 0 Å². The van der Waals surface area contributed by atoms with Crippen LogP contribution >= 0.6 is 0 Å². The van der Waals surface area contributed by atoms with Crippen LogP contribution in [-0.2, 0) is 14.3 Å². The lowest BCUT2D eigenvalue weighted by Crippen LogP contribution is -2.61. The molecule has 0 radical (unpaired) electrons. The van der Waals surface area contributed by atoms with E-state index in [1.54, 1.807) is 0 Å². The van der Waals surface area contributed by atoms with E-state index in [2.05, 4.69) is 5.32 Å². The first-order chi connectivity index (χ1) is 16.5. The molecule has 2 aromatic carbocycles. The van der Waals surface area contributed by atoms with Crippen LogP contribution in [0.2, 0.25) is 0 Å². The lowest BCUT2D eigenvalue weighted by Gasteiger charge is -2.36. The summed E-state index contributed by atoms with van der Waals surface area (Å²) in [5.74, 6) is -2.96. The van der Waals surface area contributed by atoms with Gasteiger partial charge in [-0.25, -0.2) is 4.79 Å². The average molecular weight is 492 g/mol. The molecule has 7 nitrogen and oxygen atoms in total. The van der Waals surface area contributed by atoms with Crippen molar-refractivity contribution in [3.05, 3.63) is 59.7 Å². The molecule has 0 saturated heterocycles. The Morgan fingerprint density at radius 1 is 0.971 bits per heavy atom. The van der Waals surface area contributed by atoms with Crippen molar-refractivity contribution in [1.29, 1.82) is 0 Å². The monoisotopic (exact) mass is 492 g/mol. The van der Waals surface area contributed by atoms with E-state index in [1.165, 1.54) is 13.8 Å². The third-order valence-electron chi connectivity index (χ3n) is 6.28. The van der Waals surface area contributed by atoms with Crippen LogP contribution < -0.4 is 5.32 Å². The van der Waals surface area contributed by atoms with Crippen molar-refractivity contribution in [1.82, 2.24) is 10.2 Å². The summed E-state index contributed by atoms with van der Waals surface area (Å²) < 4.78 is 44.5. The molecule has 1 aliphatic rings. The molecule has 188 valence electrons. The van der Waals surface area contributed by atoms with Crippen molar-refractivity contribution >= 4 is 18.0 Å². The number of carbonyl (C=O) groups excluding carboxylic acids is 2. The van der Waals surface area contributed by atoms with E-state index in [0.29, 0.717) is 0 Å². The minimum atomic E-state index is -4.80. The van der Waals surface area contributed by atoms with Gasteiger partial charge in [0.2, 0.25) is 5.91 Å². The number of nitrogens with one attached hydrogen (secondary N) is 1. The highest BCUT2D eigenvalue weighted by atomic mass is 19.4. The van der Waals surface area contributed by atoms with Gasteiger partial charge in [-0.15, -0.1) is 0 Å². The Hall–Kier alpha value is -3.56. The van der Waals surface area contributed by atoms with Gasteiger partial charge in [0.25, 0.3) is 0 Å². The fraction of sp³-hybridized carbons (Fsp3) is 0.400. The molecule has 0 spiro atoms. The molecule has 0 heterocycles. The summed E-state index contributed by atoms with van der Waals surface area (Å²) in [6.45, 7) is 0.118. The average Bonchev–Trinajstić information content (AvgIpc) is 3.13. The Bertz CT molecular complexity index is 1050. The fourth-order valence-corrected chi connectivity index (χ4v) is 4.49. The summed E-state index contributed by atoms with van der Waals surface area (Å²) in [5, 5.41) is 11.4. The number of ether oxygens (including phenoxy) is 1. The minimum Gasteiger partial charge on any atom is -0.480 e. The number of nitrogens with zero attached hydrogens (tertiary/aromatic N) is 1. The summed E-state index contributed by atoms with van der Waals surface area (Å²) >= 11 is 0. The maximum absolute atomic E-state index is 13.1. The van der Waals surface area contributed by atoms with Crippen LogP contribution in [0.4, 0.5) is 18.0 Å². The fourth-order valence-electron chi connectivity index (χ4n) is 4.49. The molecule has 2 N–H and O–H groups in total. The van der Waals surface area contributed by atoms with Crippen molar-refractivity contribution in [3.8, 4) is 11.1 Å². The summed E-state index contributed by atoms with van der Waals surface area (Å²) in [4.78, 5) is 37.1. The molecule has 1 aliphatic carbocycles. The van der Waals surface area contributed by atoms with E-state index in [1.807, 2.05) is 48.5 Å². The van der Waals surface area contributed by atoms with Gasteiger partial charge in [0.05, 0.1) is 0 Å². The number of alkyl halides is 3. The standard InChI is InChI=1S/C25H27F3N2O5/c1-3-24(4-2,22(33)30(13-21(31)32)15-25(26,27)28)29-23(34)35-14-20-18-11-7-5-9-16(18)17-10-6-8-12-19(17)20/h5-12,20H,3-4,13-15H2,1-2H3,(H,29,34)(H,31,32). The second-order valence-electron chi connectivity index (χ2n) is 8.41. The summed E-state index contributed by atoms with van der Waals surface area (Å²) in [6.07, 6.45) is -5.88. The Morgan fingerprint density at radius 3 is 1.94 bits per heavy atom. The molecular formula is C25H27F3N2O5. The zero-order valence-electron chi connectivity index (χ0n) is 19.4. The number of carboxylic acid groups (broad SMARTS) is 1. The van der Waals surface area contributed by atoms with Gasteiger partial charge in [0.15, 0.2) is 0 Å². The zero-order chi connectivity index (χ0) is 25.8. The molecule has 2 aromatic rings. The van der Waals surface area contributed by atoms with Crippen molar-refractivity contribution in [2.75, 3.05) is 19.7 Å². The first-order valence-corrected chi connectivity index (χ1v) is 11.2. The molecule has 0 unspecified atom stereocenters. The third kappa shape index (κ3) is 5.75. The van der Waals surface area contributed by atoms with E-state index in [4.69, 9.17) is 9.84 Å². The quantitative estimate of drug-likeness (QED) is 0.535. The topological polar surface area (TPSA) is 95.9 Å². The molecule has 0 aliphatic heterocycles. The molecule has 0 saturated carbocycles. The second kappa shape index (κ2) is 10.4. The number of rotatable bonds is 9. The summed E-state index contributed by atoms with van der Waals surface area (Å²) in [6, 6.07) is 15.4. The Labute approximate surface area is 200 Å². The van der Waals surface area contributed by atoms with E-state index in [-0.39, 0.29) is 30.3 Å². The van der Waals surface area contributed by atoms with Crippen LogP contribution in [0.3, 0.4) is 0 Å². The number of carboxylic acids is 1. The maximum atomic E-state index is 13.1. The molecule has 0 fully saturated rings. The molecule has 2 amide bonds. The van der Waals surface area contributed by atoms with Crippen molar-refractivity contribution in [2.45, 2.75) is 44.3 Å². The number of hydrogen-bond acceptors (Lipinski definition) is 4. The van der Waals surface area contributed by atoms with Gasteiger partial charge in [0.1, 0.15) is 25.2 Å². The predicted octanol–water partition coefficient (Wildman–Crippen LogP) is 4.56. The smallest absolute Gasteiger partial charge is 0.408 e. The summed E-state index contributed by atoms with van der Waals surface area (Å²) in [7, 11) is 0. The lowest BCUT2D eigenvalue weighted by atomic mass is 9.91. The maximum Gasteiger partial charge on any atom is 0.408 e. The van der Waals surface area contributed by atoms with Crippen molar-refractivity contribution in [3.63, 3.8) is 0 Å². The van der Waals surface area contributed by atoms with Gasteiger partial charge < -0.3 is 20.1 Å². The molecule has 0 atom stereocenters. The predicted molar refractivity (Wildman–Crippen MR) is 122 cm³/mol. The lowest BCUT2D eigenvalue weighted by molar-refractivity contribution is -0.169. The SMILES string of the molecule is CCC(CC)(NC(=O)OCC1c2ccccc2-c2ccccc21)C(=O)N(CC(=O)O)CC(F)(F)F. The van der Waals surface area contributed by atoms with E-state index in [9.17, 15) is 27.6 Å². The molecule has 0 bridgehead atoms. The van der Waals surface area contributed by atoms with E-state index < -0.39 is 42.8 Å². The number of alkyl carbamates (subject to hydrolysis) is 1. The highest BCUT2D eigenvalue weighted by Gasteiger charge is 2.44. The molecule has 10 heteroatoms. The van der Waals surface area contributed by atoms with Crippen LogP contribution in [0.5, 0.6) is 0 Å². The summed E-state index contributed by atoms with van der Waals surface area (Å²) in [5.41, 5.74) is 2.27. The number of fused-ring (bicyclic) bond motifs is 3. The molecular weight excluding hydrogens is 465 g/mol. The van der Waals surface area contributed by atoms with Gasteiger partial charge in [-0.3, -0.25) is 9.59 Å². The first-order valence-electron chi connectivity index (χ1n) is 11.2. The first kappa shape index (κ1) is 26.1. The Morgan fingerprint density at radius 2 is 1.49 bits per heavy atom. The van der Waals surface area contributed by atoms with Gasteiger partial charge in [-0.1, -0.05) is 62.4 Å². The van der Waals surface area contributed by atoms with Crippen LogP contribution in [-0.4, -0.2) is 59.4 Å². The molecule has 35 heavy (non-hydrogen) atoms. The largest absolute Gasteiger partial charge is 0.480 e. The van der Waals surface area contributed by atoms with Crippen LogP contribution in [0.1, 0.15) is 43.7 Å². The second-order valence-corrected chi connectivity index (χ2v) is 8.41. The molecule has 3 rings (SSSR count).